The molecule has 2 aliphatic rings. The number of anilines is 1. The zero-order valence-corrected chi connectivity index (χ0v) is 21.1. The highest BCUT2D eigenvalue weighted by Gasteiger charge is 2.39. The van der Waals surface area contributed by atoms with Crippen LogP contribution in [0.2, 0.25) is 0 Å². The Morgan fingerprint density at radius 3 is 2.79 bits per heavy atom. The van der Waals surface area contributed by atoms with Crippen molar-refractivity contribution in [3.8, 4) is 5.75 Å². The van der Waals surface area contributed by atoms with E-state index in [9.17, 15) is 22.0 Å². The molecule has 3 aromatic rings. The minimum Gasteiger partial charge on any atom is -0.433 e. The summed E-state index contributed by atoms with van der Waals surface area (Å²) in [7, 11) is 0. The van der Waals surface area contributed by atoms with Gasteiger partial charge in [-0.3, -0.25) is 14.3 Å². The van der Waals surface area contributed by atoms with E-state index in [0.717, 1.165) is 35.1 Å². The predicted octanol–water partition coefficient (Wildman–Crippen LogP) is 5.61. The Balaban J connectivity index is 1.57. The van der Waals surface area contributed by atoms with Crippen molar-refractivity contribution in [3.05, 3.63) is 53.5 Å². The Morgan fingerprint density at radius 1 is 1.21 bits per heavy atom. The number of alkyl halides is 5. The van der Waals surface area contributed by atoms with Crippen molar-refractivity contribution in [1.82, 2.24) is 19.8 Å². The quantitative estimate of drug-likeness (QED) is 0.329. The maximum atomic E-state index is 13.8. The van der Waals surface area contributed by atoms with Crippen molar-refractivity contribution in [2.45, 2.75) is 57.3 Å². The normalized spacial score (nSPS) is 22.5. The first-order valence-electron chi connectivity index (χ1n) is 13.0. The average molecular weight is 538 g/mol. The number of hydrogen-bond acceptors (Lipinski definition) is 5. The monoisotopic (exact) mass is 537 g/mol. The summed E-state index contributed by atoms with van der Waals surface area (Å²) < 4.78 is 71.0. The van der Waals surface area contributed by atoms with Crippen LogP contribution in [0.25, 0.3) is 10.9 Å². The first kappa shape index (κ1) is 26.7. The van der Waals surface area contributed by atoms with E-state index in [2.05, 4.69) is 24.9 Å². The molecule has 11 heteroatoms. The number of benzene rings is 1. The Morgan fingerprint density at radius 2 is 2.03 bits per heavy atom. The lowest BCUT2D eigenvalue weighted by atomic mass is 9.90. The molecule has 38 heavy (non-hydrogen) atoms. The summed E-state index contributed by atoms with van der Waals surface area (Å²) in [5.41, 5.74) is 3.65. The molecule has 4 heterocycles. The molecular weight excluding hydrogens is 505 g/mol. The van der Waals surface area contributed by atoms with Crippen LogP contribution in [0.15, 0.2) is 36.5 Å². The summed E-state index contributed by atoms with van der Waals surface area (Å²) in [5, 5.41) is 4.46. The van der Waals surface area contributed by atoms with E-state index in [0.29, 0.717) is 37.3 Å². The number of rotatable bonds is 10. The van der Waals surface area contributed by atoms with Gasteiger partial charge >= 0.3 is 6.61 Å². The molecule has 2 aliphatic heterocycles. The standard InChI is InChI=1S/C27H32F5N5O/c1-16-11-20-19-5-2-3-6-21(19)35-24(20)26(37(16)15-23(29)30)25-22(12-18(13-33-25)38-27(31)32)34-17-7-10-36(14-17)9-4-8-28/h2-3,5-6,12-13,16-17,23,26-27,34-35H,4,7-11,14-15H2,1H3. The fraction of sp³-hybridized carbons (Fsp3) is 0.519. The van der Waals surface area contributed by atoms with E-state index in [1.165, 1.54) is 12.3 Å². The highest BCUT2D eigenvalue weighted by atomic mass is 19.3. The zero-order valence-electron chi connectivity index (χ0n) is 21.1. The second kappa shape index (κ2) is 11.4. The number of para-hydroxylation sites is 1. The lowest BCUT2D eigenvalue weighted by Gasteiger charge is -2.41. The van der Waals surface area contributed by atoms with Gasteiger partial charge in [0.15, 0.2) is 0 Å². The number of halogens is 5. The van der Waals surface area contributed by atoms with Crippen molar-refractivity contribution < 1.29 is 26.7 Å². The Labute approximate surface area is 218 Å². The fourth-order valence-corrected chi connectivity index (χ4v) is 5.86. The molecule has 1 saturated heterocycles. The minimum absolute atomic E-state index is 0.0382. The van der Waals surface area contributed by atoms with Crippen LogP contribution < -0.4 is 10.1 Å². The first-order chi connectivity index (χ1) is 18.3. The summed E-state index contributed by atoms with van der Waals surface area (Å²) in [5.74, 6) is -0.111. The van der Waals surface area contributed by atoms with E-state index in [4.69, 9.17) is 0 Å². The second-order valence-corrected chi connectivity index (χ2v) is 10.1. The summed E-state index contributed by atoms with van der Waals surface area (Å²) in [6, 6.07) is 8.38. The first-order valence-corrected chi connectivity index (χ1v) is 13.0. The van der Waals surface area contributed by atoms with Crippen LogP contribution in [-0.4, -0.2) is 77.7 Å². The average Bonchev–Trinajstić information content (AvgIpc) is 3.47. The molecule has 0 aliphatic carbocycles. The summed E-state index contributed by atoms with van der Waals surface area (Å²) in [6.07, 6.45) is 0.456. The molecule has 3 unspecified atom stereocenters. The number of H-pyrrole nitrogens is 1. The molecule has 2 aromatic heterocycles. The number of nitrogens with one attached hydrogen (secondary N) is 2. The van der Waals surface area contributed by atoms with Gasteiger partial charge in [-0.15, -0.1) is 0 Å². The maximum Gasteiger partial charge on any atom is 0.387 e. The minimum atomic E-state index is -3.02. The van der Waals surface area contributed by atoms with E-state index in [1.807, 2.05) is 31.2 Å². The van der Waals surface area contributed by atoms with Crippen LogP contribution in [0.5, 0.6) is 5.75 Å². The number of hydrogen-bond donors (Lipinski definition) is 2. The van der Waals surface area contributed by atoms with Gasteiger partial charge in [-0.25, -0.2) is 8.78 Å². The Hall–Kier alpha value is -2.92. The van der Waals surface area contributed by atoms with Gasteiger partial charge in [-0.2, -0.15) is 8.78 Å². The van der Waals surface area contributed by atoms with Crippen LogP contribution in [0.1, 0.15) is 42.8 Å². The lowest BCUT2D eigenvalue weighted by Crippen LogP contribution is -2.45. The molecule has 0 spiro atoms. The summed E-state index contributed by atoms with van der Waals surface area (Å²) in [4.78, 5) is 11.8. The Kier molecular flexibility index (Phi) is 8.04. The van der Waals surface area contributed by atoms with E-state index in [-0.39, 0.29) is 24.5 Å². The molecule has 6 nitrogen and oxygen atoms in total. The molecule has 206 valence electrons. The van der Waals surface area contributed by atoms with E-state index in [1.54, 1.807) is 4.90 Å². The number of likely N-dealkylation sites (tertiary alicyclic amines) is 1. The smallest absolute Gasteiger partial charge is 0.387 e. The molecule has 0 bridgehead atoms. The summed E-state index contributed by atoms with van der Waals surface area (Å²) in [6.45, 7) is 0.107. The van der Waals surface area contributed by atoms with Crippen LogP contribution in [0, 0.1) is 0 Å². The number of nitrogens with zero attached hydrogens (tertiary/aromatic N) is 3. The van der Waals surface area contributed by atoms with Crippen LogP contribution in [0.4, 0.5) is 27.6 Å². The lowest BCUT2D eigenvalue weighted by molar-refractivity contribution is -0.0500. The molecule has 0 radical (unpaired) electrons. The highest BCUT2D eigenvalue weighted by molar-refractivity contribution is 5.85. The number of pyridine rings is 1. The van der Waals surface area contributed by atoms with Crippen molar-refractivity contribution >= 4 is 16.6 Å². The van der Waals surface area contributed by atoms with Gasteiger partial charge < -0.3 is 19.9 Å². The maximum absolute atomic E-state index is 13.8. The SMILES string of the molecule is CC1Cc2c([nH]c3ccccc23)C(c2ncc(OC(F)F)cc2NC2CCN(CCCF)C2)N1CC(F)F. The van der Waals surface area contributed by atoms with Gasteiger partial charge in [0, 0.05) is 54.4 Å². The zero-order chi connectivity index (χ0) is 26.8. The van der Waals surface area contributed by atoms with Crippen LogP contribution >= 0.6 is 0 Å². The van der Waals surface area contributed by atoms with Crippen molar-refractivity contribution in [3.63, 3.8) is 0 Å². The van der Waals surface area contributed by atoms with Crippen molar-refractivity contribution in [2.24, 2.45) is 0 Å². The molecule has 3 atom stereocenters. The van der Waals surface area contributed by atoms with Crippen LogP contribution in [0.3, 0.4) is 0 Å². The largest absolute Gasteiger partial charge is 0.433 e. The van der Waals surface area contributed by atoms with Gasteiger partial charge in [0.05, 0.1) is 36.8 Å². The van der Waals surface area contributed by atoms with Gasteiger partial charge in [0.2, 0.25) is 0 Å². The van der Waals surface area contributed by atoms with Crippen molar-refractivity contribution in [2.75, 3.05) is 38.2 Å². The van der Waals surface area contributed by atoms with Gasteiger partial charge in [0.25, 0.3) is 6.43 Å². The number of fused-ring (bicyclic) bond motifs is 3. The molecular formula is C27H32F5N5O. The molecule has 0 saturated carbocycles. The molecule has 1 fully saturated rings. The number of ether oxygens (including phenoxy) is 1. The molecule has 2 N–H and O–H groups in total. The highest BCUT2D eigenvalue weighted by Crippen LogP contribution is 2.43. The fourth-order valence-electron chi connectivity index (χ4n) is 5.86. The van der Waals surface area contributed by atoms with Gasteiger partial charge in [0.1, 0.15) is 5.75 Å². The number of aromatic amines is 1. The third-order valence-electron chi connectivity index (χ3n) is 7.48. The van der Waals surface area contributed by atoms with Gasteiger partial charge in [-0.1, -0.05) is 18.2 Å². The van der Waals surface area contributed by atoms with Crippen molar-refractivity contribution in [1.29, 1.82) is 0 Å². The Bertz CT molecular complexity index is 1240. The van der Waals surface area contributed by atoms with Crippen LogP contribution in [-0.2, 0) is 6.42 Å². The molecule has 1 aromatic carbocycles. The second-order valence-electron chi connectivity index (χ2n) is 10.1. The number of aromatic nitrogens is 2. The van der Waals surface area contributed by atoms with Gasteiger partial charge in [-0.05, 0) is 37.8 Å². The molecule has 5 rings (SSSR count). The van der Waals surface area contributed by atoms with E-state index < -0.39 is 25.6 Å². The topological polar surface area (TPSA) is 56.4 Å². The molecule has 0 amide bonds. The predicted molar refractivity (Wildman–Crippen MR) is 136 cm³/mol. The third kappa shape index (κ3) is 5.58. The van der Waals surface area contributed by atoms with E-state index >= 15 is 0 Å². The summed E-state index contributed by atoms with van der Waals surface area (Å²) >= 11 is 0. The third-order valence-corrected chi connectivity index (χ3v) is 7.48.